The third-order valence-electron chi connectivity index (χ3n) is 4.45. The number of benzene rings is 2. The topological polar surface area (TPSA) is 42.0 Å². The molecule has 5 nitrogen and oxygen atoms in total. The summed E-state index contributed by atoms with van der Waals surface area (Å²) in [7, 11) is 3.08. The molecule has 0 saturated carbocycles. The van der Waals surface area contributed by atoms with Crippen LogP contribution in [0.3, 0.4) is 0 Å². The molecule has 1 aliphatic rings. The van der Waals surface area contributed by atoms with Crippen LogP contribution in [0.5, 0.6) is 11.5 Å². The molecular formula is C19H20BrFN2O3. The van der Waals surface area contributed by atoms with E-state index in [4.69, 9.17) is 9.47 Å². The number of carbonyl (C=O) groups is 1. The minimum Gasteiger partial charge on any atom is -0.497 e. The number of carbonyl (C=O) groups excluding carboxylic acids is 1. The lowest BCUT2D eigenvalue weighted by atomic mass is 10.1. The van der Waals surface area contributed by atoms with Gasteiger partial charge >= 0.3 is 0 Å². The van der Waals surface area contributed by atoms with Crippen molar-refractivity contribution in [1.82, 2.24) is 4.90 Å². The van der Waals surface area contributed by atoms with Crippen molar-refractivity contribution in [1.29, 1.82) is 0 Å². The molecule has 2 aromatic rings. The molecule has 0 N–H and O–H groups in total. The van der Waals surface area contributed by atoms with Crippen LogP contribution in [0, 0.1) is 5.82 Å². The summed E-state index contributed by atoms with van der Waals surface area (Å²) in [5.41, 5.74) is 1.01. The highest BCUT2D eigenvalue weighted by molar-refractivity contribution is 9.10. The van der Waals surface area contributed by atoms with Gasteiger partial charge in [0, 0.05) is 26.2 Å². The number of anilines is 1. The van der Waals surface area contributed by atoms with Gasteiger partial charge in [0.15, 0.2) is 0 Å². The molecule has 1 aliphatic heterocycles. The molecule has 26 heavy (non-hydrogen) atoms. The van der Waals surface area contributed by atoms with Gasteiger partial charge in [-0.25, -0.2) is 4.39 Å². The van der Waals surface area contributed by atoms with Crippen molar-refractivity contribution < 1.29 is 18.7 Å². The van der Waals surface area contributed by atoms with Gasteiger partial charge in [0.2, 0.25) is 0 Å². The molecule has 0 unspecified atom stereocenters. The van der Waals surface area contributed by atoms with E-state index in [-0.39, 0.29) is 11.7 Å². The Balaban J connectivity index is 1.77. The average molecular weight is 423 g/mol. The second-order valence-electron chi connectivity index (χ2n) is 5.92. The van der Waals surface area contributed by atoms with Crippen molar-refractivity contribution in [3.63, 3.8) is 0 Å². The number of para-hydroxylation sites is 1. The number of hydrogen-bond donors (Lipinski definition) is 0. The molecule has 1 amide bonds. The number of halogens is 2. The maximum atomic E-state index is 14.0. The Kier molecular flexibility index (Phi) is 5.66. The zero-order chi connectivity index (χ0) is 18.7. The molecule has 2 aromatic carbocycles. The largest absolute Gasteiger partial charge is 0.497 e. The van der Waals surface area contributed by atoms with Crippen molar-refractivity contribution in [2.24, 2.45) is 0 Å². The van der Waals surface area contributed by atoms with Gasteiger partial charge in [-0.1, -0.05) is 12.1 Å². The molecule has 1 heterocycles. The van der Waals surface area contributed by atoms with Gasteiger partial charge in [-0.15, -0.1) is 0 Å². The van der Waals surface area contributed by atoms with Gasteiger partial charge in [-0.2, -0.15) is 0 Å². The Labute approximate surface area is 160 Å². The van der Waals surface area contributed by atoms with E-state index in [0.29, 0.717) is 53.4 Å². The Morgan fingerprint density at radius 1 is 1.08 bits per heavy atom. The van der Waals surface area contributed by atoms with Crippen molar-refractivity contribution >= 4 is 27.5 Å². The monoisotopic (exact) mass is 422 g/mol. The fourth-order valence-electron chi connectivity index (χ4n) is 3.08. The van der Waals surface area contributed by atoms with E-state index in [1.807, 2.05) is 11.0 Å². The first-order chi connectivity index (χ1) is 12.5. The number of piperazine rings is 1. The predicted octanol–water partition coefficient (Wildman–Crippen LogP) is 3.57. The summed E-state index contributed by atoms with van der Waals surface area (Å²) < 4.78 is 25.3. The summed E-state index contributed by atoms with van der Waals surface area (Å²) in [6.07, 6.45) is 0. The fourth-order valence-corrected chi connectivity index (χ4v) is 3.68. The van der Waals surface area contributed by atoms with E-state index < -0.39 is 0 Å². The van der Waals surface area contributed by atoms with Gasteiger partial charge in [-0.3, -0.25) is 4.79 Å². The van der Waals surface area contributed by atoms with Crippen molar-refractivity contribution in [2.45, 2.75) is 0 Å². The van der Waals surface area contributed by atoms with E-state index in [9.17, 15) is 9.18 Å². The van der Waals surface area contributed by atoms with E-state index in [2.05, 4.69) is 15.9 Å². The summed E-state index contributed by atoms with van der Waals surface area (Å²) in [6.45, 7) is 2.15. The number of nitrogens with zero attached hydrogens (tertiary/aromatic N) is 2. The van der Waals surface area contributed by atoms with Crippen molar-refractivity contribution in [2.75, 3.05) is 45.3 Å². The SMILES string of the molecule is COc1cc(Br)c(OC)c(C(=O)N2CCN(c3ccccc3F)CC2)c1. The van der Waals surface area contributed by atoms with Crippen LogP contribution in [-0.4, -0.2) is 51.2 Å². The second kappa shape index (κ2) is 7.95. The molecule has 0 aliphatic carbocycles. The second-order valence-corrected chi connectivity index (χ2v) is 6.78. The molecule has 1 fully saturated rings. The summed E-state index contributed by atoms with van der Waals surface area (Å²) in [5.74, 6) is 0.679. The molecule has 0 atom stereocenters. The van der Waals surface area contributed by atoms with Crippen molar-refractivity contribution in [3.8, 4) is 11.5 Å². The molecular weight excluding hydrogens is 403 g/mol. The van der Waals surface area contributed by atoms with E-state index >= 15 is 0 Å². The average Bonchev–Trinajstić information content (AvgIpc) is 2.67. The van der Waals surface area contributed by atoms with Crippen LogP contribution in [-0.2, 0) is 0 Å². The molecule has 138 valence electrons. The lowest BCUT2D eigenvalue weighted by Crippen LogP contribution is -2.49. The Hall–Kier alpha value is -2.28. The highest BCUT2D eigenvalue weighted by Crippen LogP contribution is 2.34. The lowest BCUT2D eigenvalue weighted by molar-refractivity contribution is 0.0742. The molecule has 7 heteroatoms. The maximum absolute atomic E-state index is 14.0. The Morgan fingerprint density at radius 2 is 1.77 bits per heavy atom. The smallest absolute Gasteiger partial charge is 0.257 e. The molecule has 0 bridgehead atoms. The zero-order valence-electron chi connectivity index (χ0n) is 14.7. The van der Waals surface area contributed by atoms with Gasteiger partial charge in [0.25, 0.3) is 5.91 Å². The van der Waals surface area contributed by atoms with E-state index in [1.54, 1.807) is 36.3 Å². The van der Waals surface area contributed by atoms with Gasteiger partial charge in [-0.05, 0) is 40.2 Å². The maximum Gasteiger partial charge on any atom is 0.257 e. The number of amides is 1. The fraction of sp³-hybridized carbons (Fsp3) is 0.316. The zero-order valence-corrected chi connectivity index (χ0v) is 16.3. The quantitative estimate of drug-likeness (QED) is 0.755. The number of methoxy groups -OCH3 is 2. The van der Waals surface area contributed by atoms with Crippen LogP contribution < -0.4 is 14.4 Å². The number of hydrogen-bond acceptors (Lipinski definition) is 4. The first-order valence-electron chi connectivity index (χ1n) is 8.25. The first-order valence-corrected chi connectivity index (χ1v) is 9.04. The third kappa shape index (κ3) is 3.62. The number of rotatable bonds is 4. The van der Waals surface area contributed by atoms with E-state index in [1.165, 1.54) is 13.2 Å². The standard InChI is InChI=1S/C19H20BrFN2O3/c1-25-13-11-14(18(26-2)15(20)12-13)19(24)23-9-7-22(8-10-23)17-6-4-3-5-16(17)21/h3-6,11-12H,7-10H2,1-2H3. The van der Waals surface area contributed by atoms with Crippen LogP contribution in [0.25, 0.3) is 0 Å². The minimum atomic E-state index is -0.245. The van der Waals surface area contributed by atoms with Crippen LogP contribution >= 0.6 is 15.9 Å². The van der Waals surface area contributed by atoms with E-state index in [0.717, 1.165) is 0 Å². The molecule has 0 spiro atoms. The molecule has 1 saturated heterocycles. The number of ether oxygens (including phenoxy) is 2. The third-order valence-corrected chi connectivity index (χ3v) is 5.04. The minimum absolute atomic E-state index is 0.130. The molecule has 0 radical (unpaired) electrons. The van der Waals surface area contributed by atoms with Crippen LogP contribution in [0.2, 0.25) is 0 Å². The highest BCUT2D eigenvalue weighted by Gasteiger charge is 2.26. The summed E-state index contributed by atoms with van der Waals surface area (Å²) in [5, 5.41) is 0. The predicted molar refractivity (Wildman–Crippen MR) is 102 cm³/mol. The van der Waals surface area contributed by atoms with Gasteiger partial charge in [0.1, 0.15) is 17.3 Å². The van der Waals surface area contributed by atoms with Crippen molar-refractivity contribution in [3.05, 3.63) is 52.3 Å². The molecule has 0 aromatic heterocycles. The van der Waals surface area contributed by atoms with Crippen LogP contribution in [0.1, 0.15) is 10.4 Å². The Bertz CT molecular complexity index is 807. The summed E-state index contributed by atoms with van der Waals surface area (Å²) >= 11 is 3.41. The summed E-state index contributed by atoms with van der Waals surface area (Å²) in [6, 6.07) is 10.1. The normalized spacial score (nSPS) is 14.3. The van der Waals surface area contributed by atoms with Gasteiger partial charge in [0.05, 0.1) is 29.9 Å². The molecule has 3 rings (SSSR count). The lowest BCUT2D eigenvalue weighted by Gasteiger charge is -2.36. The van der Waals surface area contributed by atoms with Gasteiger partial charge < -0.3 is 19.3 Å². The van der Waals surface area contributed by atoms with Crippen LogP contribution in [0.15, 0.2) is 40.9 Å². The highest BCUT2D eigenvalue weighted by atomic mass is 79.9. The van der Waals surface area contributed by atoms with Crippen LogP contribution in [0.4, 0.5) is 10.1 Å². The first kappa shape index (κ1) is 18.5. The summed E-state index contributed by atoms with van der Waals surface area (Å²) in [4.78, 5) is 16.7. The Morgan fingerprint density at radius 3 is 2.38 bits per heavy atom.